The van der Waals surface area contributed by atoms with E-state index in [1.807, 2.05) is 0 Å². The molecule has 1 atom stereocenters. The predicted octanol–water partition coefficient (Wildman–Crippen LogP) is 2.56. The van der Waals surface area contributed by atoms with Gasteiger partial charge in [-0.25, -0.2) is 8.78 Å². The summed E-state index contributed by atoms with van der Waals surface area (Å²) in [6.07, 6.45) is -1.73. The van der Waals surface area contributed by atoms with Crippen LogP contribution in [0.3, 0.4) is 0 Å². The summed E-state index contributed by atoms with van der Waals surface area (Å²) in [5.74, 6) is -1.01. The number of halogens is 3. The van der Waals surface area contributed by atoms with Crippen LogP contribution in [0.2, 0.25) is 0 Å². The van der Waals surface area contributed by atoms with Gasteiger partial charge in [0.25, 0.3) is 0 Å². The molecule has 0 aliphatic rings. The Hall–Kier alpha value is -0.470. The third kappa shape index (κ3) is 4.06. The maximum absolute atomic E-state index is 12.1. The van der Waals surface area contributed by atoms with Crippen LogP contribution in [-0.4, -0.2) is 12.8 Å². The molecule has 0 aliphatic heterocycles. The highest BCUT2D eigenvalue weighted by Crippen LogP contribution is 2.11. The average Bonchev–Trinajstić information content (AvgIpc) is 1.82. The highest BCUT2D eigenvalue weighted by Gasteiger charge is 2.08. The van der Waals surface area contributed by atoms with Crippen LogP contribution in [-0.2, 0) is 0 Å². The van der Waals surface area contributed by atoms with E-state index >= 15 is 0 Å². The van der Waals surface area contributed by atoms with Gasteiger partial charge in [-0.05, 0) is 12.8 Å². The molecule has 0 spiro atoms. The summed E-state index contributed by atoms with van der Waals surface area (Å²) in [5, 5.41) is 0. The van der Waals surface area contributed by atoms with E-state index in [-0.39, 0.29) is 12.8 Å². The molecule has 0 bridgehead atoms. The largest absolute Gasteiger partial charge is 0.251 e. The molecular weight excluding hydrogens is 129 g/mol. The van der Waals surface area contributed by atoms with Gasteiger partial charge in [-0.3, -0.25) is 4.39 Å². The number of rotatable bonds is 4. The lowest BCUT2D eigenvalue weighted by atomic mass is 10.2. The lowest BCUT2D eigenvalue weighted by Crippen LogP contribution is -1.99. The maximum atomic E-state index is 12.1. The number of allylic oxidation sites excluding steroid dienone is 1. The van der Waals surface area contributed by atoms with Crippen molar-refractivity contribution in [2.45, 2.75) is 19.0 Å². The van der Waals surface area contributed by atoms with Crippen LogP contribution in [0.4, 0.5) is 13.2 Å². The van der Waals surface area contributed by atoms with Gasteiger partial charge in [-0.2, -0.15) is 0 Å². The standard InChI is InChI=1S/C6H9F3/c1-5(8)6(9)3-2-4-7/h6H,1-4H2/t6-/m1/s1. The summed E-state index contributed by atoms with van der Waals surface area (Å²) in [6, 6.07) is 0. The van der Waals surface area contributed by atoms with Crippen molar-refractivity contribution in [3.63, 3.8) is 0 Å². The molecule has 0 heterocycles. The molecule has 0 fully saturated rings. The first kappa shape index (κ1) is 8.53. The highest BCUT2D eigenvalue weighted by atomic mass is 19.2. The number of hydrogen-bond donors (Lipinski definition) is 0. The molecule has 0 rings (SSSR count). The van der Waals surface area contributed by atoms with Crippen LogP contribution >= 0.6 is 0 Å². The number of alkyl halides is 2. The molecule has 9 heavy (non-hydrogen) atoms. The Morgan fingerprint density at radius 3 is 2.44 bits per heavy atom. The van der Waals surface area contributed by atoms with Gasteiger partial charge in [-0.1, -0.05) is 6.58 Å². The van der Waals surface area contributed by atoms with Crippen molar-refractivity contribution in [3.05, 3.63) is 12.4 Å². The van der Waals surface area contributed by atoms with Crippen molar-refractivity contribution in [2.75, 3.05) is 6.67 Å². The van der Waals surface area contributed by atoms with E-state index in [4.69, 9.17) is 0 Å². The van der Waals surface area contributed by atoms with Crippen molar-refractivity contribution in [2.24, 2.45) is 0 Å². The molecule has 54 valence electrons. The third-order valence-corrected chi connectivity index (χ3v) is 0.931. The zero-order valence-electron chi connectivity index (χ0n) is 5.04. The molecule has 0 unspecified atom stereocenters. The molecule has 0 saturated carbocycles. The van der Waals surface area contributed by atoms with Crippen LogP contribution in [0.25, 0.3) is 0 Å². The second kappa shape index (κ2) is 4.41. The van der Waals surface area contributed by atoms with Crippen molar-refractivity contribution >= 4 is 0 Å². The highest BCUT2D eigenvalue weighted by molar-refractivity contribution is 4.89. The average molecular weight is 138 g/mol. The van der Waals surface area contributed by atoms with E-state index in [0.717, 1.165) is 0 Å². The second-order valence-electron chi connectivity index (χ2n) is 1.75. The van der Waals surface area contributed by atoms with E-state index < -0.39 is 18.7 Å². The Balaban J connectivity index is 3.27. The van der Waals surface area contributed by atoms with Gasteiger partial charge in [0.05, 0.1) is 6.67 Å². The fourth-order valence-electron chi connectivity index (χ4n) is 0.413. The Bertz CT molecular complexity index is 90.3. The smallest absolute Gasteiger partial charge is 0.151 e. The topological polar surface area (TPSA) is 0 Å². The quantitative estimate of drug-likeness (QED) is 0.560. The van der Waals surface area contributed by atoms with Gasteiger partial charge in [0.2, 0.25) is 0 Å². The first-order valence-electron chi connectivity index (χ1n) is 2.72. The fraction of sp³-hybridized carbons (Fsp3) is 0.667. The van der Waals surface area contributed by atoms with Crippen molar-refractivity contribution in [1.82, 2.24) is 0 Å². The normalized spacial score (nSPS) is 13.2. The summed E-state index contributed by atoms with van der Waals surface area (Å²) < 4.78 is 35.1. The van der Waals surface area contributed by atoms with Crippen LogP contribution in [0.15, 0.2) is 12.4 Å². The van der Waals surface area contributed by atoms with E-state index in [9.17, 15) is 13.2 Å². The monoisotopic (exact) mass is 138 g/mol. The molecule has 0 aliphatic carbocycles. The van der Waals surface area contributed by atoms with Gasteiger partial charge >= 0.3 is 0 Å². The minimum absolute atomic E-state index is 0.0596. The van der Waals surface area contributed by atoms with Gasteiger partial charge in [-0.15, -0.1) is 0 Å². The molecule has 0 nitrogen and oxygen atoms in total. The van der Waals surface area contributed by atoms with Crippen LogP contribution in [0.5, 0.6) is 0 Å². The van der Waals surface area contributed by atoms with Gasteiger partial charge in [0.1, 0.15) is 5.83 Å². The summed E-state index contributed by atoms with van der Waals surface area (Å²) in [7, 11) is 0. The lowest BCUT2D eigenvalue weighted by Gasteiger charge is -2.00. The summed E-state index contributed by atoms with van der Waals surface area (Å²) in [5.41, 5.74) is 0. The van der Waals surface area contributed by atoms with Crippen molar-refractivity contribution in [1.29, 1.82) is 0 Å². The van der Waals surface area contributed by atoms with E-state index in [2.05, 4.69) is 6.58 Å². The first-order chi connectivity index (χ1) is 4.18. The van der Waals surface area contributed by atoms with Crippen LogP contribution in [0.1, 0.15) is 12.8 Å². The first-order valence-corrected chi connectivity index (χ1v) is 2.72. The summed E-state index contributed by atoms with van der Waals surface area (Å²) in [4.78, 5) is 0. The Morgan fingerprint density at radius 1 is 1.56 bits per heavy atom. The molecule has 0 aromatic carbocycles. The molecule has 0 N–H and O–H groups in total. The zero-order valence-corrected chi connectivity index (χ0v) is 5.04. The lowest BCUT2D eigenvalue weighted by molar-refractivity contribution is 0.293. The van der Waals surface area contributed by atoms with Gasteiger partial charge < -0.3 is 0 Å². The van der Waals surface area contributed by atoms with Crippen molar-refractivity contribution in [3.8, 4) is 0 Å². The zero-order chi connectivity index (χ0) is 7.28. The maximum Gasteiger partial charge on any atom is 0.151 e. The van der Waals surface area contributed by atoms with Crippen LogP contribution in [0, 0.1) is 0 Å². The summed E-state index contributed by atoms with van der Waals surface area (Å²) in [6.45, 7) is 2.14. The molecule has 0 saturated heterocycles. The predicted molar refractivity (Wildman–Crippen MR) is 30.4 cm³/mol. The molecular formula is C6H9F3. The van der Waals surface area contributed by atoms with E-state index in [0.29, 0.717) is 0 Å². The second-order valence-corrected chi connectivity index (χ2v) is 1.75. The Labute approximate surface area is 52.4 Å². The molecule has 0 aromatic heterocycles. The van der Waals surface area contributed by atoms with E-state index in [1.54, 1.807) is 0 Å². The number of hydrogen-bond acceptors (Lipinski definition) is 0. The van der Waals surface area contributed by atoms with Crippen molar-refractivity contribution < 1.29 is 13.2 Å². The SMILES string of the molecule is C=C(F)[C@H](F)CCCF. The summed E-state index contributed by atoms with van der Waals surface area (Å²) >= 11 is 0. The minimum Gasteiger partial charge on any atom is -0.251 e. The third-order valence-electron chi connectivity index (χ3n) is 0.931. The fourth-order valence-corrected chi connectivity index (χ4v) is 0.413. The van der Waals surface area contributed by atoms with Crippen LogP contribution < -0.4 is 0 Å². The van der Waals surface area contributed by atoms with E-state index in [1.165, 1.54) is 0 Å². The minimum atomic E-state index is -1.68. The molecule has 0 aromatic rings. The Kier molecular flexibility index (Phi) is 4.18. The van der Waals surface area contributed by atoms with Gasteiger partial charge in [0.15, 0.2) is 6.17 Å². The molecule has 3 heteroatoms. The molecule has 0 radical (unpaired) electrons. The Morgan fingerprint density at radius 2 is 2.11 bits per heavy atom. The van der Waals surface area contributed by atoms with Gasteiger partial charge in [0, 0.05) is 0 Å². The molecule has 0 amide bonds.